The first-order valence-corrected chi connectivity index (χ1v) is 6.75. The van der Waals surface area contributed by atoms with Gasteiger partial charge >= 0.3 is 0 Å². The Hall–Kier alpha value is -1.58. The summed E-state index contributed by atoms with van der Waals surface area (Å²) in [6, 6.07) is 10.8. The Balaban J connectivity index is 2.16. The van der Waals surface area contributed by atoms with Crippen LogP contribution in [0.4, 0.5) is 0 Å². The molecule has 102 valence electrons. The molecule has 19 heavy (non-hydrogen) atoms. The van der Waals surface area contributed by atoms with Crippen molar-refractivity contribution in [3.8, 4) is 0 Å². The minimum Gasteiger partial charge on any atom is -0.466 e. The van der Waals surface area contributed by atoms with E-state index in [2.05, 4.69) is 42.7 Å². The summed E-state index contributed by atoms with van der Waals surface area (Å²) in [5.74, 6) is 7.56. The lowest BCUT2D eigenvalue weighted by atomic mass is 9.98. The third-order valence-corrected chi connectivity index (χ3v) is 3.53. The van der Waals surface area contributed by atoms with Crippen molar-refractivity contribution < 1.29 is 4.42 Å². The molecule has 3 nitrogen and oxygen atoms in total. The van der Waals surface area contributed by atoms with E-state index in [4.69, 9.17) is 10.3 Å². The maximum Gasteiger partial charge on any atom is 0.105 e. The minimum absolute atomic E-state index is 0.0879. The van der Waals surface area contributed by atoms with Gasteiger partial charge < -0.3 is 4.42 Å². The van der Waals surface area contributed by atoms with Crippen molar-refractivity contribution in [1.29, 1.82) is 0 Å². The molecule has 1 unspecified atom stereocenters. The highest BCUT2D eigenvalue weighted by molar-refractivity contribution is 5.28. The lowest BCUT2D eigenvalue weighted by Gasteiger charge is -2.15. The van der Waals surface area contributed by atoms with Crippen LogP contribution in [-0.4, -0.2) is 0 Å². The molecule has 2 rings (SSSR count). The largest absolute Gasteiger partial charge is 0.466 e. The van der Waals surface area contributed by atoms with E-state index in [1.165, 1.54) is 11.1 Å². The topological polar surface area (TPSA) is 51.2 Å². The number of nitrogens with one attached hydrogen (secondary N) is 1. The van der Waals surface area contributed by atoms with Gasteiger partial charge in [0.25, 0.3) is 0 Å². The van der Waals surface area contributed by atoms with Crippen molar-refractivity contribution in [3.63, 3.8) is 0 Å². The maximum absolute atomic E-state index is 5.70. The third-order valence-electron chi connectivity index (χ3n) is 3.53. The Morgan fingerprint density at radius 2 is 1.79 bits per heavy atom. The third kappa shape index (κ3) is 3.25. The summed E-state index contributed by atoms with van der Waals surface area (Å²) in [6.45, 7) is 6.10. The lowest BCUT2D eigenvalue weighted by molar-refractivity contribution is 0.484. The summed E-state index contributed by atoms with van der Waals surface area (Å²) < 4.78 is 5.58. The molecule has 1 aromatic carbocycles. The van der Waals surface area contributed by atoms with Crippen LogP contribution in [0.1, 0.15) is 41.2 Å². The lowest BCUT2D eigenvalue weighted by Crippen LogP contribution is -2.29. The molecule has 0 saturated heterocycles. The number of furan rings is 1. The van der Waals surface area contributed by atoms with Crippen molar-refractivity contribution in [2.24, 2.45) is 5.84 Å². The predicted molar refractivity (Wildman–Crippen MR) is 77.8 cm³/mol. The SMILES string of the molecule is CCc1ccc(CC(NN)c2cc(C)oc2C)cc1. The molecule has 3 N–H and O–H groups in total. The Morgan fingerprint density at radius 3 is 2.26 bits per heavy atom. The standard InChI is InChI=1S/C16H22N2O/c1-4-13-5-7-14(8-6-13)10-16(18-17)15-9-11(2)19-12(15)3/h5-9,16,18H,4,10,17H2,1-3H3. The van der Waals surface area contributed by atoms with E-state index >= 15 is 0 Å². The smallest absolute Gasteiger partial charge is 0.105 e. The molecule has 1 heterocycles. The van der Waals surface area contributed by atoms with Gasteiger partial charge in [0.15, 0.2) is 0 Å². The van der Waals surface area contributed by atoms with Crippen molar-refractivity contribution >= 4 is 0 Å². The number of hydrogen-bond donors (Lipinski definition) is 2. The molecule has 2 aromatic rings. The van der Waals surface area contributed by atoms with E-state index in [9.17, 15) is 0 Å². The molecule has 0 aliphatic carbocycles. The first kappa shape index (κ1) is 13.8. The fourth-order valence-electron chi connectivity index (χ4n) is 2.40. The molecular weight excluding hydrogens is 236 g/mol. The second-order valence-electron chi connectivity index (χ2n) is 4.96. The van der Waals surface area contributed by atoms with Gasteiger partial charge in [0, 0.05) is 5.56 Å². The average molecular weight is 258 g/mol. The number of nitrogens with two attached hydrogens (primary N) is 1. The normalized spacial score (nSPS) is 12.6. The highest BCUT2D eigenvalue weighted by Crippen LogP contribution is 2.24. The Bertz CT molecular complexity index is 528. The first-order valence-electron chi connectivity index (χ1n) is 6.75. The Labute approximate surface area is 114 Å². The molecule has 0 aliphatic heterocycles. The molecule has 1 aromatic heterocycles. The highest BCUT2D eigenvalue weighted by atomic mass is 16.3. The quantitative estimate of drug-likeness (QED) is 0.639. The zero-order valence-corrected chi connectivity index (χ0v) is 11.9. The molecule has 0 radical (unpaired) electrons. The summed E-state index contributed by atoms with van der Waals surface area (Å²) >= 11 is 0. The van der Waals surface area contributed by atoms with Crippen LogP contribution >= 0.6 is 0 Å². The monoisotopic (exact) mass is 258 g/mol. The van der Waals surface area contributed by atoms with Crippen LogP contribution in [0.25, 0.3) is 0 Å². The second-order valence-corrected chi connectivity index (χ2v) is 4.96. The van der Waals surface area contributed by atoms with Gasteiger partial charge in [-0.3, -0.25) is 11.3 Å². The molecule has 0 saturated carbocycles. The summed E-state index contributed by atoms with van der Waals surface area (Å²) in [4.78, 5) is 0. The predicted octanol–water partition coefficient (Wildman–Crippen LogP) is 3.21. The molecule has 0 fully saturated rings. The number of aryl methyl sites for hydroxylation is 3. The van der Waals surface area contributed by atoms with E-state index in [0.717, 1.165) is 29.9 Å². The maximum atomic E-state index is 5.70. The van der Waals surface area contributed by atoms with Gasteiger partial charge in [0.1, 0.15) is 11.5 Å². The summed E-state index contributed by atoms with van der Waals surface area (Å²) in [6.07, 6.45) is 1.93. The van der Waals surface area contributed by atoms with Crippen molar-refractivity contribution in [1.82, 2.24) is 5.43 Å². The van der Waals surface area contributed by atoms with Crippen LogP contribution in [-0.2, 0) is 12.8 Å². The number of hydrogen-bond acceptors (Lipinski definition) is 3. The van der Waals surface area contributed by atoms with E-state index < -0.39 is 0 Å². The van der Waals surface area contributed by atoms with Gasteiger partial charge in [-0.05, 0) is 43.9 Å². The summed E-state index contributed by atoms with van der Waals surface area (Å²) in [7, 11) is 0. The van der Waals surface area contributed by atoms with E-state index in [-0.39, 0.29) is 6.04 Å². The zero-order chi connectivity index (χ0) is 13.8. The first-order chi connectivity index (χ1) is 9.13. The van der Waals surface area contributed by atoms with Crippen LogP contribution in [0.5, 0.6) is 0 Å². The van der Waals surface area contributed by atoms with E-state index in [1.807, 2.05) is 13.8 Å². The van der Waals surface area contributed by atoms with Crippen molar-refractivity contribution in [2.75, 3.05) is 0 Å². The van der Waals surface area contributed by atoms with Gasteiger partial charge in [0.2, 0.25) is 0 Å². The van der Waals surface area contributed by atoms with Crippen LogP contribution in [0, 0.1) is 13.8 Å². The highest BCUT2D eigenvalue weighted by Gasteiger charge is 2.16. The molecule has 0 bridgehead atoms. The van der Waals surface area contributed by atoms with Crippen LogP contribution in [0.2, 0.25) is 0 Å². The molecule has 3 heteroatoms. The summed E-state index contributed by atoms with van der Waals surface area (Å²) in [5.41, 5.74) is 6.66. The van der Waals surface area contributed by atoms with Gasteiger partial charge in [0.05, 0.1) is 6.04 Å². The number of benzene rings is 1. The number of rotatable bonds is 5. The van der Waals surface area contributed by atoms with Gasteiger partial charge in [-0.15, -0.1) is 0 Å². The van der Waals surface area contributed by atoms with Crippen LogP contribution in [0.15, 0.2) is 34.7 Å². The fraction of sp³-hybridized carbons (Fsp3) is 0.375. The Morgan fingerprint density at radius 1 is 1.16 bits per heavy atom. The fourth-order valence-corrected chi connectivity index (χ4v) is 2.40. The van der Waals surface area contributed by atoms with E-state index in [1.54, 1.807) is 0 Å². The van der Waals surface area contributed by atoms with Crippen molar-refractivity contribution in [2.45, 2.75) is 39.7 Å². The molecule has 0 aliphatic rings. The van der Waals surface area contributed by atoms with Gasteiger partial charge in [-0.1, -0.05) is 31.2 Å². The molecular formula is C16H22N2O. The molecule has 0 spiro atoms. The second kappa shape index (κ2) is 6.04. The minimum atomic E-state index is 0.0879. The van der Waals surface area contributed by atoms with E-state index in [0.29, 0.717) is 0 Å². The van der Waals surface area contributed by atoms with Crippen LogP contribution < -0.4 is 11.3 Å². The summed E-state index contributed by atoms with van der Waals surface area (Å²) in [5, 5.41) is 0. The Kier molecular flexibility index (Phi) is 4.40. The number of hydrazine groups is 1. The molecule has 1 atom stereocenters. The van der Waals surface area contributed by atoms with Crippen molar-refractivity contribution in [3.05, 3.63) is 58.5 Å². The van der Waals surface area contributed by atoms with Crippen LogP contribution in [0.3, 0.4) is 0 Å². The average Bonchev–Trinajstić information content (AvgIpc) is 2.75. The van der Waals surface area contributed by atoms with Gasteiger partial charge in [-0.2, -0.15) is 0 Å². The van der Waals surface area contributed by atoms with Gasteiger partial charge in [-0.25, -0.2) is 0 Å². The molecule has 0 amide bonds. The zero-order valence-electron chi connectivity index (χ0n) is 11.9.